The summed E-state index contributed by atoms with van der Waals surface area (Å²) in [5.74, 6) is -2.69. The van der Waals surface area contributed by atoms with Gasteiger partial charge in [-0.1, -0.05) is 18.6 Å². The van der Waals surface area contributed by atoms with Gasteiger partial charge in [0.1, 0.15) is 17.3 Å². The number of aliphatic hydroxyl groups is 1. The van der Waals surface area contributed by atoms with Crippen LogP contribution in [-0.2, 0) is 14.4 Å². The molecule has 0 radical (unpaired) electrons. The maximum Gasteiger partial charge on any atom is 0.303 e. The number of carboxylic acid groups (broad SMARTS) is 1. The van der Waals surface area contributed by atoms with Crippen LogP contribution in [0.2, 0.25) is 0 Å². The average molecular weight is 441 g/mol. The van der Waals surface area contributed by atoms with Gasteiger partial charge in [0.25, 0.3) is 11.7 Å². The van der Waals surface area contributed by atoms with E-state index in [4.69, 9.17) is 9.84 Å². The largest absolute Gasteiger partial charge is 0.507 e. The molecule has 0 spiro atoms. The minimum Gasteiger partial charge on any atom is -0.507 e. The molecule has 2 aromatic rings. The monoisotopic (exact) mass is 441 g/mol. The first-order valence-electron chi connectivity index (χ1n) is 10.2. The fourth-order valence-electron chi connectivity index (χ4n) is 3.74. The third-order valence-electron chi connectivity index (χ3n) is 5.38. The molecule has 1 aliphatic heterocycles. The summed E-state index contributed by atoms with van der Waals surface area (Å²) in [4.78, 5) is 37.8. The van der Waals surface area contributed by atoms with Crippen molar-refractivity contribution in [2.24, 2.45) is 0 Å². The summed E-state index contributed by atoms with van der Waals surface area (Å²) >= 11 is 0. The lowest BCUT2D eigenvalue weighted by Crippen LogP contribution is -2.30. The molecule has 0 unspecified atom stereocenters. The molecule has 1 aliphatic rings. The van der Waals surface area contributed by atoms with Gasteiger partial charge in [-0.15, -0.1) is 0 Å². The van der Waals surface area contributed by atoms with Crippen LogP contribution >= 0.6 is 0 Å². The predicted molar refractivity (Wildman–Crippen MR) is 115 cm³/mol. The fourth-order valence-corrected chi connectivity index (χ4v) is 3.74. The molecule has 1 saturated heterocycles. The van der Waals surface area contributed by atoms with Crippen molar-refractivity contribution in [3.05, 3.63) is 71.0 Å². The molecule has 2 N–H and O–H groups in total. The number of carbonyl (C=O) groups excluding carboxylic acids is 2. The standard InChI is InChI=1S/C24H24FNO6/c1-32-18-12-8-16(9-13-18)22(29)20-21(15-6-10-17(25)11-7-15)26(24(31)23(20)30)14-4-2-3-5-19(27)28/h6-13,21,29H,2-5,14H2,1H3,(H,27,28)/t21-/m0/s1. The van der Waals surface area contributed by atoms with Crippen LogP contribution in [0.4, 0.5) is 4.39 Å². The third-order valence-corrected chi connectivity index (χ3v) is 5.38. The molecule has 1 fully saturated rings. The Morgan fingerprint density at radius 2 is 1.66 bits per heavy atom. The molecule has 2 aromatic carbocycles. The van der Waals surface area contributed by atoms with E-state index < -0.39 is 29.5 Å². The van der Waals surface area contributed by atoms with Crippen LogP contribution < -0.4 is 4.74 Å². The Labute approximate surface area is 184 Å². The number of rotatable bonds is 9. The Morgan fingerprint density at radius 1 is 1.00 bits per heavy atom. The zero-order valence-electron chi connectivity index (χ0n) is 17.6. The van der Waals surface area contributed by atoms with Crippen molar-refractivity contribution in [1.82, 2.24) is 4.90 Å². The van der Waals surface area contributed by atoms with Crippen molar-refractivity contribution in [3.8, 4) is 5.75 Å². The molecular formula is C24H24FNO6. The van der Waals surface area contributed by atoms with Gasteiger partial charge in [0, 0.05) is 18.5 Å². The molecule has 7 nitrogen and oxygen atoms in total. The summed E-state index contributed by atoms with van der Waals surface area (Å²) in [5.41, 5.74) is 0.765. The van der Waals surface area contributed by atoms with E-state index in [9.17, 15) is 23.9 Å². The Bertz CT molecular complexity index is 1030. The number of aliphatic hydroxyl groups excluding tert-OH is 1. The molecule has 1 amide bonds. The van der Waals surface area contributed by atoms with E-state index in [-0.39, 0.29) is 24.3 Å². The lowest BCUT2D eigenvalue weighted by atomic mass is 9.95. The maximum atomic E-state index is 13.5. The number of amides is 1. The summed E-state index contributed by atoms with van der Waals surface area (Å²) in [7, 11) is 1.51. The number of nitrogens with zero attached hydrogens (tertiary/aromatic N) is 1. The van der Waals surface area contributed by atoms with Crippen LogP contribution in [0.3, 0.4) is 0 Å². The summed E-state index contributed by atoms with van der Waals surface area (Å²) in [6.07, 6.45) is 1.52. The number of benzene rings is 2. The van der Waals surface area contributed by atoms with Gasteiger partial charge in [0.15, 0.2) is 0 Å². The molecule has 3 rings (SSSR count). The van der Waals surface area contributed by atoms with Gasteiger partial charge in [-0.3, -0.25) is 14.4 Å². The molecule has 168 valence electrons. The van der Waals surface area contributed by atoms with Gasteiger partial charge >= 0.3 is 5.97 Å². The number of carbonyl (C=O) groups is 3. The normalized spacial score (nSPS) is 17.6. The highest BCUT2D eigenvalue weighted by atomic mass is 19.1. The number of ether oxygens (including phenoxy) is 1. The summed E-state index contributed by atoms with van der Waals surface area (Å²) in [6.45, 7) is 0.200. The molecule has 0 bridgehead atoms. The van der Waals surface area contributed by atoms with Gasteiger partial charge in [0.05, 0.1) is 18.7 Å². The average Bonchev–Trinajstić information content (AvgIpc) is 3.03. The number of carboxylic acids is 1. The topological polar surface area (TPSA) is 104 Å². The minimum absolute atomic E-state index is 0.0255. The van der Waals surface area contributed by atoms with Crippen molar-refractivity contribution in [2.45, 2.75) is 31.7 Å². The second kappa shape index (κ2) is 10.1. The summed E-state index contributed by atoms with van der Waals surface area (Å²) < 4.78 is 18.6. The first kappa shape index (κ1) is 23.0. The minimum atomic E-state index is -0.892. The van der Waals surface area contributed by atoms with Crippen LogP contribution in [0, 0.1) is 5.82 Å². The molecule has 8 heteroatoms. The van der Waals surface area contributed by atoms with Crippen LogP contribution in [0.15, 0.2) is 54.1 Å². The molecule has 32 heavy (non-hydrogen) atoms. The van der Waals surface area contributed by atoms with Gasteiger partial charge in [-0.05, 0) is 54.8 Å². The smallest absolute Gasteiger partial charge is 0.303 e. The number of aliphatic carboxylic acids is 1. The Morgan fingerprint density at radius 3 is 2.25 bits per heavy atom. The number of ketones is 1. The number of hydrogen-bond acceptors (Lipinski definition) is 5. The van der Waals surface area contributed by atoms with Gasteiger partial charge in [0.2, 0.25) is 0 Å². The van der Waals surface area contributed by atoms with Crippen molar-refractivity contribution in [1.29, 1.82) is 0 Å². The number of methoxy groups -OCH3 is 1. The van der Waals surface area contributed by atoms with Crippen LogP contribution in [0.5, 0.6) is 5.75 Å². The SMILES string of the molecule is COc1ccc(C(O)=C2C(=O)C(=O)N(CCCCCC(=O)O)[C@H]2c2ccc(F)cc2)cc1. The van der Waals surface area contributed by atoms with E-state index in [2.05, 4.69) is 0 Å². The Kier molecular flexibility index (Phi) is 7.25. The lowest BCUT2D eigenvalue weighted by Gasteiger charge is -2.25. The van der Waals surface area contributed by atoms with E-state index >= 15 is 0 Å². The van der Waals surface area contributed by atoms with Crippen molar-refractivity contribution < 1.29 is 33.7 Å². The van der Waals surface area contributed by atoms with Gasteiger partial charge < -0.3 is 19.8 Å². The highest BCUT2D eigenvalue weighted by molar-refractivity contribution is 6.46. The van der Waals surface area contributed by atoms with Crippen molar-refractivity contribution >= 4 is 23.4 Å². The zero-order valence-corrected chi connectivity index (χ0v) is 17.6. The number of halogens is 1. The molecule has 0 aromatic heterocycles. The second-order valence-corrected chi connectivity index (χ2v) is 7.48. The number of likely N-dealkylation sites (tertiary alicyclic amines) is 1. The van der Waals surface area contributed by atoms with E-state index in [1.165, 1.54) is 36.3 Å². The zero-order chi connectivity index (χ0) is 23.3. The summed E-state index contributed by atoms with van der Waals surface area (Å²) in [5, 5.41) is 19.7. The van der Waals surface area contributed by atoms with Gasteiger partial charge in [-0.2, -0.15) is 0 Å². The Balaban J connectivity index is 1.96. The molecule has 0 aliphatic carbocycles. The van der Waals surface area contributed by atoms with E-state index in [0.29, 0.717) is 36.1 Å². The van der Waals surface area contributed by atoms with E-state index in [1.54, 1.807) is 24.3 Å². The van der Waals surface area contributed by atoms with Crippen LogP contribution in [0.25, 0.3) is 5.76 Å². The maximum absolute atomic E-state index is 13.5. The van der Waals surface area contributed by atoms with E-state index in [1.807, 2.05) is 0 Å². The fraction of sp³-hybridized carbons (Fsp3) is 0.292. The predicted octanol–water partition coefficient (Wildman–Crippen LogP) is 3.90. The highest BCUT2D eigenvalue weighted by Crippen LogP contribution is 2.39. The molecule has 1 atom stereocenters. The second-order valence-electron chi connectivity index (χ2n) is 7.48. The van der Waals surface area contributed by atoms with Crippen LogP contribution in [0.1, 0.15) is 42.9 Å². The van der Waals surface area contributed by atoms with Crippen molar-refractivity contribution in [3.63, 3.8) is 0 Å². The third kappa shape index (κ3) is 4.96. The first-order valence-corrected chi connectivity index (χ1v) is 10.2. The lowest BCUT2D eigenvalue weighted by molar-refractivity contribution is -0.140. The highest BCUT2D eigenvalue weighted by Gasteiger charge is 2.45. The first-order chi connectivity index (χ1) is 15.3. The van der Waals surface area contributed by atoms with Gasteiger partial charge in [-0.25, -0.2) is 4.39 Å². The number of unbranched alkanes of at least 4 members (excludes halogenated alkanes) is 2. The number of hydrogen-bond donors (Lipinski definition) is 2. The van der Waals surface area contributed by atoms with Crippen molar-refractivity contribution in [2.75, 3.05) is 13.7 Å². The molecule has 0 saturated carbocycles. The Hall–Kier alpha value is -3.68. The summed E-state index contributed by atoms with van der Waals surface area (Å²) in [6, 6.07) is 10.9. The number of Topliss-reactive ketones (excluding diaryl/α,β-unsaturated/α-hetero) is 1. The quantitative estimate of drug-likeness (QED) is 0.265. The molecular weight excluding hydrogens is 417 g/mol. The molecule has 1 heterocycles. The van der Waals surface area contributed by atoms with Crippen LogP contribution in [-0.4, -0.2) is 46.4 Å². The van der Waals surface area contributed by atoms with E-state index in [0.717, 1.165) is 0 Å².